The van der Waals surface area contributed by atoms with Crippen molar-refractivity contribution in [2.24, 2.45) is 0 Å². The van der Waals surface area contributed by atoms with E-state index in [-0.39, 0.29) is 23.3 Å². The number of hydrogen-bond acceptors (Lipinski definition) is 2. The van der Waals surface area contributed by atoms with Crippen LogP contribution in [-0.2, 0) is 10.8 Å². The predicted molar refractivity (Wildman–Crippen MR) is 220 cm³/mol. The van der Waals surface area contributed by atoms with Gasteiger partial charge < -0.3 is 9.80 Å². The van der Waals surface area contributed by atoms with Crippen molar-refractivity contribution < 1.29 is 17.6 Å². The maximum atomic E-state index is 14.1. The molecule has 0 aliphatic heterocycles. The third-order valence-electron chi connectivity index (χ3n) is 12.1. The monoisotopic (exact) mass is 744 g/mol. The van der Waals surface area contributed by atoms with Crippen molar-refractivity contribution in [2.75, 3.05) is 9.80 Å². The van der Waals surface area contributed by atoms with Gasteiger partial charge in [0.15, 0.2) is 0 Å². The molecule has 2 nitrogen and oxygen atoms in total. The lowest BCUT2D eigenvalue weighted by molar-refractivity contribution is 0.600. The first-order valence-electron chi connectivity index (χ1n) is 18.9. The van der Waals surface area contributed by atoms with Crippen LogP contribution in [0.1, 0.15) is 61.1 Å². The Hall–Kier alpha value is -6.14. The van der Waals surface area contributed by atoms with E-state index in [1.807, 2.05) is 9.80 Å². The van der Waals surface area contributed by atoms with Crippen molar-refractivity contribution >= 4 is 34.1 Å². The summed E-state index contributed by atoms with van der Waals surface area (Å²) in [4.78, 5) is 4.08. The van der Waals surface area contributed by atoms with E-state index >= 15 is 0 Å². The SMILES string of the molecule is Cc1c(C)c2c(c3c1-c1ccc(N(c4ccc(F)cc4)c4ccc(F)cc4)cc1C3(C)C)C(C)(C)c1cc(N(c3ccc(F)cc3)c3ccc(F)cc3)ccc1-2. The summed E-state index contributed by atoms with van der Waals surface area (Å²) in [5, 5.41) is 0. The summed E-state index contributed by atoms with van der Waals surface area (Å²) in [6.45, 7) is 13.6. The Labute approximate surface area is 325 Å². The minimum Gasteiger partial charge on any atom is -0.310 e. The molecule has 2 aliphatic carbocycles. The van der Waals surface area contributed by atoms with Crippen LogP contribution in [-0.4, -0.2) is 0 Å². The highest BCUT2D eigenvalue weighted by Gasteiger charge is 2.48. The molecule has 2 aliphatic rings. The minimum absolute atomic E-state index is 0.326. The van der Waals surface area contributed by atoms with E-state index in [1.54, 1.807) is 48.5 Å². The Kier molecular flexibility index (Phi) is 8.07. The Morgan fingerprint density at radius 1 is 0.357 bits per heavy atom. The van der Waals surface area contributed by atoms with E-state index < -0.39 is 10.8 Å². The topological polar surface area (TPSA) is 6.48 Å². The fraction of sp³-hybridized carbons (Fsp3) is 0.160. The van der Waals surface area contributed by atoms with Crippen molar-refractivity contribution in [3.63, 3.8) is 0 Å². The Balaban J connectivity index is 1.20. The van der Waals surface area contributed by atoms with Crippen molar-refractivity contribution in [1.82, 2.24) is 0 Å². The molecule has 0 aromatic heterocycles. The first-order valence-corrected chi connectivity index (χ1v) is 18.9. The number of anilines is 6. The number of halogens is 4. The standard InChI is InChI=1S/C50H40F4N2/c1-29-30(2)46-42-26-24-40(56(37-19-11-33(53)12-20-37)38-21-13-34(54)14-22-38)28-44(42)50(5,6)48(46)47-45(29)41-25-23-39(27-43(41)49(47,3)4)55(35-15-7-31(51)8-16-35)36-17-9-32(52)10-18-36/h7-28H,1-6H3. The molecule has 0 spiro atoms. The number of fused-ring (bicyclic) bond motifs is 7. The van der Waals surface area contributed by atoms with Crippen molar-refractivity contribution in [2.45, 2.75) is 52.4 Å². The van der Waals surface area contributed by atoms with E-state index in [9.17, 15) is 17.6 Å². The zero-order valence-corrected chi connectivity index (χ0v) is 32.1. The molecule has 0 radical (unpaired) electrons. The zero-order valence-electron chi connectivity index (χ0n) is 32.1. The van der Waals surface area contributed by atoms with Crippen LogP contribution in [0.3, 0.4) is 0 Å². The van der Waals surface area contributed by atoms with Gasteiger partial charge in [-0.2, -0.15) is 0 Å². The van der Waals surface area contributed by atoms with Gasteiger partial charge in [-0.25, -0.2) is 17.6 Å². The molecule has 0 bridgehead atoms. The summed E-state index contributed by atoms with van der Waals surface area (Å²) in [7, 11) is 0. The zero-order chi connectivity index (χ0) is 39.3. The Morgan fingerprint density at radius 3 is 0.875 bits per heavy atom. The number of nitrogens with zero attached hydrogens (tertiary/aromatic N) is 2. The number of rotatable bonds is 6. The smallest absolute Gasteiger partial charge is 0.123 e. The summed E-state index contributed by atoms with van der Waals surface area (Å²) in [6, 6.07) is 38.6. The molecule has 0 fully saturated rings. The first kappa shape index (κ1) is 35.6. The molecule has 7 aromatic carbocycles. The fourth-order valence-corrected chi connectivity index (χ4v) is 9.26. The first-order chi connectivity index (χ1) is 26.8. The molecular weight excluding hydrogens is 705 g/mol. The molecule has 7 aromatic rings. The van der Waals surface area contributed by atoms with E-state index in [4.69, 9.17) is 0 Å². The lowest BCUT2D eigenvalue weighted by atomic mass is 9.71. The van der Waals surface area contributed by atoms with Crippen LogP contribution in [0.2, 0.25) is 0 Å². The molecule has 0 saturated heterocycles. The summed E-state index contributed by atoms with van der Waals surface area (Å²) in [5.41, 5.74) is 16.3. The van der Waals surface area contributed by atoms with Gasteiger partial charge in [0, 0.05) is 45.0 Å². The van der Waals surface area contributed by atoms with Crippen molar-refractivity contribution in [3.8, 4) is 22.3 Å². The van der Waals surface area contributed by atoms with Crippen LogP contribution in [0, 0.1) is 37.1 Å². The van der Waals surface area contributed by atoms with Gasteiger partial charge in [0.2, 0.25) is 0 Å². The summed E-state index contributed by atoms with van der Waals surface area (Å²) >= 11 is 0. The molecular formula is C50H40F4N2. The molecule has 0 atom stereocenters. The molecule has 0 N–H and O–H groups in total. The minimum atomic E-state index is -0.406. The highest BCUT2D eigenvalue weighted by molar-refractivity contribution is 5.96. The van der Waals surface area contributed by atoms with Crippen molar-refractivity contribution in [1.29, 1.82) is 0 Å². The predicted octanol–water partition coefficient (Wildman–Crippen LogP) is 14.4. The van der Waals surface area contributed by atoms with Crippen LogP contribution in [0.25, 0.3) is 22.3 Å². The second kappa shape index (κ2) is 12.7. The molecule has 278 valence electrons. The summed E-state index contributed by atoms with van der Waals surface area (Å²) in [6.07, 6.45) is 0. The van der Waals surface area contributed by atoms with Crippen LogP contribution < -0.4 is 9.80 Å². The second-order valence-electron chi connectivity index (χ2n) is 16.0. The average Bonchev–Trinajstić information content (AvgIpc) is 3.56. The van der Waals surface area contributed by atoms with Gasteiger partial charge in [0.1, 0.15) is 23.3 Å². The lowest BCUT2D eigenvalue weighted by Gasteiger charge is -2.33. The molecule has 0 saturated carbocycles. The third kappa shape index (κ3) is 5.37. The highest BCUT2D eigenvalue weighted by atomic mass is 19.1. The van der Waals surface area contributed by atoms with E-state index in [1.165, 1.54) is 104 Å². The van der Waals surface area contributed by atoms with Gasteiger partial charge in [0.05, 0.1) is 0 Å². The summed E-state index contributed by atoms with van der Waals surface area (Å²) in [5.74, 6) is -1.31. The molecule has 56 heavy (non-hydrogen) atoms. The van der Waals surface area contributed by atoms with E-state index in [0.717, 1.165) is 34.1 Å². The van der Waals surface area contributed by atoms with Crippen LogP contribution in [0.15, 0.2) is 133 Å². The molecule has 9 rings (SSSR count). The fourth-order valence-electron chi connectivity index (χ4n) is 9.26. The van der Waals surface area contributed by atoms with Crippen molar-refractivity contribution in [3.05, 3.63) is 190 Å². The quantitative estimate of drug-likeness (QED) is 0.156. The van der Waals surface area contributed by atoms with E-state index in [2.05, 4.69) is 77.9 Å². The Bertz CT molecular complexity index is 2400. The summed E-state index contributed by atoms with van der Waals surface area (Å²) < 4.78 is 56.5. The van der Waals surface area contributed by atoms with Gasteiger partial charge in [-0.1, -0.05) is 39.8 Å². The largest absolute Gasteiger partial charge is 0.310 e. The molecule has 6 heteroatoms. The lowest BCUT2D eigenvalue weighted by Crippen LogP contribution is -2.25. The van der Waals surface area contributed by atoms with Crippen LogP contribution in [0.4, 0.5) is 51.7 Å². The maximum absolute atomic E-state index is 14.1. The van der Waals surface area contributed by atoms with Gasteiger partial charge in [-0.05, 0) is 191 Å². The maximum Gasteiger partial charge on any atom is 0.123 e. The van der Waals surface area contributed by atoms with Gasteiger partial charge in [0.25, 0.3) is 0 Å². The van der Waals surface area contributed by atoms with Gasteiger partial charge >= 0.3 is 0 Å². The molecule has 0 amide bonds. The molecule has 0 unspecified atom stereocenters. The second-order valence-corrected chi connectivity index (χ2v) is 16.0. The normalized spacial score (nSPS) is 14.2. The van der Waals surface area contributed by atoms with Gasteiger partial charge in [-0.3, -0.25) is 0 Å². The number of hydrogen-bond donors (Lipinski definition) is 0. The van der Waals surface area contributed by atoms with Crippen LogP contribution in [0.5, 0.6) is 0 Å². The highest BCUT2D eigenvalue weighted by Crippen LogP contribution is 2.62. The third-order valence-corrected chi connectivity index (χ3v) is 12.1. The average molecular weight is 745 g/mol. The van der Waals surface area contributed by atoms with E-state index in [0.29, 0.717) is 0 Å². The number of benzene rings is 7. The van der Waals surface area contributed by atoms with Gasteiger partial charge in [-0.15, -0.1) is 0 Å². The van der Waals surface area contributed by atoms with Crippen LogP contribution >= 0.6 is 0 Å². The molecule has 0 heterocycles. The Morgan fingerprint density at radius 2 is 0.607 bits per heavy atom.